The number of benzene rings is 1. The molecule has 4 rings (SSSR count). The minimum atomic E-state index is 0.409. The highest BCUT2D eigenvalue weighted by Gasteiger charge is 2.20. The van der Waals surface area contributed by atoms with Gasteiger partial charge in [0.15, 0.2) is 5.65 Å². The lowest BCUT2D eigenvalue weighted by molar-refractivity contribution is 0.193. The molecule has 0 saturated carbocycles. The zero-order valence-corrected chi connectivity index (χ0v) is 12.4. The molecule has 1 atom stereocenters. The number of hydrogen-bond acceptors (Lipinski definition) is 4. The van der Waals surface area contributed by atoms with Crippen LogP contribution >= 0.6 is 0 Å². The average Bonchev–Trinajstić information content (AvgIpc) is 3.04. The van der Waals surface area contributed by atoms with Crippen molar-refractivity contribution in [2.45, 2.75) is 12.6 Å². The van der Waals surface area contributed by atoms with E-state index in [-0.39, 0.29) is 0 Å². The SMILES string of the molecule is c1ccc(C2CN(Cc3ccn4ncnc4c3)CCN2)cc1. The van der Waals surface area contributed by atoms with E-state index in [1.807, 2.05) is 6.20 Å². The molecule has 0 amide bonds. The highest BCUT2D eigenvalue weighted by molar-refractivity contribution is 5.39. The van der Waals surface area contributed by atoms with Gasteiger partial charge in [-0.05, 0) is 23.3 Å². The monoisotopic (exact) mass is 293 g/mol. The molecule has 2 aromatic heterocycles. The van der Waals surface area contributed by atoms with Gasteiger partial charge in [0, 0.05) is 38.4 Å². The number of nitrogens with one attached hydrogen (secondary N) is 1. The molecule has 1 aliphatic rings. The minimum Gasteiger partial charge on any atom is -0.308 e. The van der Waals surface area contributed by atoms with E-state index in [2.05, 4.69) is 62.8 Å². The van der Waals surface area contributed by atoms with E-state index in [1.165, 1.54) is 11.1 Å². The Balaban J connectivity index is 1.48. The first-order valence-corrected chi connectivity index (χ1v) is 7.67. The van der Waals surface area contributed by atoms with Crippen molar-refractivity contribution in [3.8, 4) is 0 Å². The van der Waals surface area contributed by atoms with Gasteiger partial charge in [-0.2, -0.15) is 5.10 Å². The number of aromatic nitrogens is 3. The van der Waals surface area contributed by atoms with Gasteiger partial charge in [-0.15, -0.1) is 0 Å². The number of rotatable bonds is 3. The summed E-state index contributed by atoms with van der Waals surface area (Å²) in [6.07, 6.45) is 3.57. The Bertz CT molecular complexity index is 752. The molecule has 0 bridgehead atoms. The lowest BCUT2D eigenvalue weighted by atomic mass is 10.0. The molecule has 3 heterocycles. The Hall–Kier alpha value is -2.24. The fourth-order valence-electron chi connectivity index (χ4n) is 3.08. The number of pyridine rings is 1. The van der Waals surface area contributed by atoms with Gasteiger partial charge in [0.2, 0.25) is 0 Å². The highest BCUT2D eigenvalue weighted by Crippen LogP contribution is 2.18. The Morgan fingerprint density at radius 2 is 2.09 bits per heavy atom. The van der Waals surface area contributed by atoms with E-state index < -0.39 is 0 Å². The van der Waals surface area contributed by atoms with Gasteiger partial charge >= 0.3 is 0 Å². The fraction of sp³-hybridized carbons (Fsp3) is 0.294. The van der Waals surface area contributed by atoms with Crippen LogP contribution in [-0.4, -0.2) is 39.1 Å². The topological polar surface area (TPSA) is 45.5 Å². The average molecular weight is 293 g/mol. The number of hydrogen-bond donors (Lipinski definition) is 1. The molecule has 1 N–H and O–H groups in total. The molecule has 3 aromatic rings. The Morgan fingerprint density at radius 3 is 3.00 bits per heavy atom. The molecule has 0 aliphatic carbocycles. The van der Waals surface area contributed by atoms with Crippen LogP contribution in [0.5, 0.6) is 0 Å². The summed E-state index contributed by atoms with van der Waals surface area (Å²) in [6, 6.07) is 15.3. The van der Waals surface area contributed by atoms with Crippen LogP contribution in [0.2, 0.25) is 0 Å². The van der Waals surface area contributed by atoms with Crippen LogP contribution < -0.4 is 5.32 Å². The van der Waals surface area contributed by atoms with Crippen molar-refractivity contribution in [1.29, 1.82) is 0 Å². The zero-order valence-electron chi connectivity index (χ0n) is 12.4. The van der Waals surface area contributed by atoms with Crippen LogP contribution in [0.25, 0.3) is 5.65 Å². The van der Waals surface area contributed by atoms with Gasteiger partial charge in [-0.3, -0.25) is 4.90 Å². The molecular weight excluding hydrogens is 274 g/mol. The van der Waals surface area contributed by atoms with Crippen LogP contribution in [0.1, 0.15) is 17.2 Å². The lowest BCUT2D eigenvalue weighted by Gasteiger charge is -2.34. The summed E-state index contributed by atoms with van der Waals surface area (Å²) in [4.78, 5) is 6.75. The van der Waals surface area contributed by atoms with Gasteiger partial charge in [0.05, 0.1) is 0 Å². The van der Waals surface area contributed by atoms with Crippen molar-refractivity contribution in [2.75, 3.05) is 19.6 Å². The Morgan fingerprint density at radius 1 is 1.18 bits per heavy atom. The summed E-state index contributed by atoms with van der Waals surface area (Å²) >= 11 is 0. The summed E-state index contributed by atoms with van der Waals surface area (Å²) < 4.78 is 1.80. The Kier molecular flexibility index (Phi) is 3.58. The predicted molar refractivity (Wildman–Crippen MR) is 85.4 cm³/mol. The van der Waals surface area contributed by atoms with E-state index in [1.54, 1.807) is 10.8 Å². The third kappa shape index (κ3) is 2.73. The molecule has 0 radical (unpaired) electrons. The van der Waals surface area contributed by atoms with Gasteiger partial charge < -0.3 is 5.32 Å². The minimum absolute atomic E-state index is 0.409. The van der Waals surface area contributed by atoms with E-state index in [9.17, 15) is 0 Å². The van der Waals surface area contributed by atoms with E-state index in [0.29, 0.717) is 6.04 Å². The zero-order chi connectivity index (χ0) is 14.8. The molecule has 0 spiro atoms. The van der Waals surface area contributed by atoms with Gasteiger partial charge in [-0.1, -0.05) is 30.3 Å². The summed E-state index contributed by atoms with van der Waals surface area (Å²) in [5, 5.41) is 7.75. The summed E-state index contributed by atoms with van der Waals surface area (Å²) in [6.45, 7) is 4.07. The van der Waals surface area contributed by atoms with Crippen LogP contribution in [0.3, 0.4) is 0 Å². The van der Waals surface area contributed by atoms with Crippen molar-refractivity contribution in [2.24, 2.45) is 0 Å². The predicted octanol–water partition coefficient (Wildman–Crippen LogP) is 1.88. The van der Waals surface area contributed by atoms with Crippen LogP contribution in [0.15, 0.2) is 55.0 Å². The molecular formula is C17H19N5. The van der Waals surface area contributed by atoms with E-state index >= 15 is 0 Å². The first-order chi connectivity index (χ1) is 10.9. The fourth-order valence-corrected chi connectivity index (χ4v) is 3.08. The third-order valence-electron chi connectivity index (χ3n) is 4.21. The van der Waals surface area contributed by atoms with E-state index in [4.69, 9.17) is 0 Å². The van der Waals surface area contributed by atoms with Crippen molar-refractivity contribution >= 4 is 5.65 Å². The molecule has 1 fully saturated rings. The van der Waals surface area contributed by atoms with Gasteiger partial charge in [0.25, 0.3) is 0 Å². The van der Waals surface area contributed by atoms with Crippen molar-refractivity contribution in [1.82, 2.24) is 24.8 Å². The quantitative estimate of drug-likeness (QED) is 0.801. The normalized spacial score (nSPS) is 19.5. The summed E-state index contributed by atoms with van der Waals surface area (Å²) in [5.74, 6) is 0. The van der Waals surface area contributed by atoms with Crippen LogP contribution in [0.4, 0.5) is 0 Å². The Labute approximate surface area is 129 Å². The lowest BCUT2D eigenvalue weighted by Crippen LogP contribution is -2.45. The van der Waals surface area contributed by atoms with Crippen LogP contribution in [0, 0.1) is 0 Å². The second-order valence-electron chi connectivity index (χ2n) is 5.75. The third-order valence-corrected chi connectivity index (χ3v) is 4.21. The number of nitrogens with zero attached hydrogens (tertiary/aromatic N) is 4. The van der Waals surface area contributed by atoms with Gasteiger partial charge in [0.1, 0.15) is 6.33 Å². The molecule has 112 valence electrons. The molecule has 1 unspecified atom stereocenters. The molecule has 1 saturated heterocycles. The number of piperazine rings is 1. The van der Waals surface area contributed by atoms with Crippen LogP contribution in [-0.2, 0) is 6.54 Å². The second kappa shape index (κ2) is 5.87. The first-order valence-electron chi connectivity index (χ1n) is 7.67. The summed E-state index contributed by atoms with van der Waals surface area (Å²) in [7, 11) is 0. The molecule has 1 aliphatic heterocycles. The smallest absolute Gasteiger partial charge is 0.155 e. The molecule has 1 aromatic carbocycles. The molecule has 22 heavy (non-hydrogen) atoms. The molecule has 5 heteroatoms. The maximum Gasteiger partial charge on any atom is 0.155 e. The van der Waals surface area contributed by atoms with Crippen molar-refractivity contribution < 1.29 is 0 Å². The second-order valence-corrected chi connectivity index (χ2v) is 5.75. The maximum atomic E-state index is 4.26. The highest BCUT2D eigenvalue weighted by atomic mass is 15.3. The molecule has 5 nitrogen and oxygen atoms in total. The first kappa shape index (κ1) is 13.4. The maximum absolute atomic E-state index is 4.26. The van der Waals surface area contributed by atoms with Crippen molar-refractivity contribution in [3.63, 3.8) is 0 Å². The standard InChI is InChI=1S/C17H19N5/c1-2-4-15(5-3-1)16-12-21(9-7-18-16)11-14-6-8-22-17(10-14)19-13-20-22/h1-6,8,10,13,16,18H,7,9,11-12H2. The van der Waals surface area contributed by atoms with Gasteiger partial charge in [-0.25, -0.2) is 9.50 Å². The number of fused-ring (bicyclic) bond motifs is 1. The van der Waals surface area contributed by atoms with E-state index in [0.717, 1.165) is 31.8 Å². The largest absolute Gasteiger partial charge is 0.308 e. The van der Waals surface area contributed by atoms with Crippen molar-refractivity contribution in [3.05, 3.63) is 66.1 Å². The summed E-state index contributed by atoms with van der Waals surface area (Å²) in [5.41, 5.74) is 3.56.